The van der Waals surface area contributed by atoms with Crippen LogP contribution in [0.15, 0.2) is 47.1 Å². The van der Waals surface area contributed by atoms with E-state index in [0.717, 1.165) is 133 Å². The number of hydrogen-bond acceptors (Lipinski definition) is 4. The lowest BCUT2D eigenvalue weighted by atomic mass is 9.42. The highest BCUT2D eigenvalue weighted by atomic mass is 16.5. The van der Waals surface area contributed by atoms with E-state index in [2.05, 4.69) is 176 Å². The van der Waals surface area contributed by atoms with Crippen molar-refractivity contribution in [1.29, 1.82) is 0 Å². The highest BCUT2D eigenvalue weighted by Crippen LogP contribution is 2.72. The molecule has 0 saturated heterocycles. The van der Waals surface area contributed by atoms with Crippen LogP contribution < -0.4 is 0 Å². The summed E-state index contributed by atoms with van der Waals surface area (Å²) in [6.45, 7) is 51.8. The average Bonchev–Trinajstić information content (AvgIpc) is 1.70. The monoisotopic (exact) mass is 1310 g/mol. The Hall–Kier alpha value is -1.65. The molecule has 4 nitrogen and oxygen atoms in total. The minimum Gasteiger partial charge on any atom is -0.469 e. The SMILES string of the molecule is CC(C)C(C)/C=C/C(C)C1CCC2C3=CC=C4CC(C(C)C)CCC4(C)C3CCC21C.CCC(CCC(C)C1CCC2C3CC=C4CC(C(C)C)CCC4(C)C3CCC12C)C(C)C.COC(=O)CCC(C)C1CCC2C3C(O)CC4CC(C(C)C)CCC4(C)C3CC(O)C12C. The summed E-state index contributed by atoms with van der Waals surface area (Å²) in [6.07, 6.45) is 47.7. The number of esters is 1. The molecule has 542 valence electrons. The molecule has 0 aromatic rings. The Morgan fingerprint density at radius 2 is 1.15 bits per heavy atom. The molecule has 10 fully saturated rings. The molecule has 4 heteroatoms. The fourth-order valence-corrected chi connectivity index (χ4v) is 27.6. The van der Waals surface area contributed by atoms with E-state index in [1.54, 1.807) is 5.57 Å². The topological polar surface area (TPSA) is 66.8 Å². The number of methoxy groups -OCH3 is 1. The number of allylic oxidation sites excluding steroid dienone is 8. The number of carbonyl (C=O) groups is 1. The number of fused-ring (bicyclic) bond motifs is 15. The molecule has 28 unspecified atom stereocenters. The lowest BCUT2D eigenvalue weighted by Gasteiger charge is -2.64. The Morgan fingerprint density at radius 1 is 0.547 bits per heavy atom. The minimum atomic E-state index is -0.313. The second-order valence-corrected chi connectivity index (χ2v) is 40.4. The molecule has 0 spiro atoms. The van der Waals surface area contributed by atoms with Crippen molar-refractivity contribution in [3.05, 3.63) is 47.1 Å². The summed E-state index contributed by atoms with van der Waals surface area (Å²) in [4.78, 5) is 11.7. The smallest absolute Gasteiger partial charge is 0.305 e. The maximum atomic E-state index is 11.7. The lowest BCUT2D eigenvalue weighted by molar-refractivity contribution is -0.205. The van der Waals surface area contributed by atoms with E-state index in [9.17, 15) is 15.0 Å². The average molecular weight is 1310 g/mol. The van der Waals surface area contributed by atoms with Crippen LogP contribution in [0.25, 0.3) is 0 Å². The molecule has 12 aliphatic carbocycles. The highest BCUT2D eigenvalue weighted by molar-refractivity contribution is 5.69. The number of carbonyl (C=O) groups excluding carboxylic acids is 1. The summed E-state index contributed by atoms with van der Waals surface area (Å²) in [6, 6.07) is 0. The molecule has 2 N–H and O–H groups in total. The van der Waals surface area contributed by atoms with Crippen molar-refractivity contribution in [1.82, 2.24) is 0 Å². The molecule has 0 bridgehead atoms. The summed E-state index contributed by atoms with van der Waals surface area (Å²) in [5.41, 5.74) is 7.75. The molecule has 0 amide bonds. The zero-order chi connectivity index (χ0) is 69.2. The summed E-state index contributed by atoms with van der Waals surface area (Å²) < 4.78 is 4.86. The molecule has 0 radical (unpaired) electrons. The Kier molecular flexibility index (Phi) is 24.0. The molecule has 12 aliphatic rings. The third-order valence-corrected chi connectivity index (χ3v) is 34.9. The first-order chi connectivity index (χ1) is 44.7. The van der Waals surface area contributed by atoms with Crippen molar-refractivity contribution in [3.63, 3.8) is 0 Å². The maximum absolute atomic E-state index is 11.7. The van der Waals surface area contributed by atoms with Gasteiger partial charge in [-0.25, -0.2) is 0 Å². The van der Waals surface area contributed by atoms with Crippen LogP contribution in [-0.4, -0.2) is 35.5 Å². The zero-order valence-corrected chi connectivity index (χ0v) is 66.3. The van der Waals surface area contributed by atoms with E-state index in [-0.39, 0.29) is 29.0 Å². The quantitative estimate of drug-likeness (QED) is 0.113. The molecule has 0 aromatic carbocycles. The Labute approximate surface area is 588 Å². The van der Waals surface area contributed by atoms with Gasteiger partial charge < -0.3 is 14.9 Å². The number of hydrogen-bond donors (Lipinski definition) is 2. The molecular weight excluding hydrogens is 1160 g/mol. The zero-order valence-electron chi connectivity index (χ0n) is 66.3. The third-order valence-electron chi connectivity index (χ3n) is 34.9. The predicted molar refractivity (Wildman–Crippen MR) is 403 cm³/mol. The fraction of sp³-hybridized carbons (Fsp3) is 0.901. The molecule has 95 heavy (non-hydrogen) atoms. The molecule has 0 aliphatic heterocycles. The largest absolute Gasteiger partial charge is 0.469 e. The number of rotatable bonds is 17. The summed E-state index contributed by atoms with van der Waals surface area (Å²) in [5.74, 6) is 18.7. The second kappa shape index (κ2) is 30.0. The highest BCUT2D eigenvalue weighted by Gasteiger charge is 2.67. The Morgan fingerprint density at radius 3 is 1.79 bits per heavy atom. The van der Waals surface area contributed by atoms with Gasteiger partial charge in [-0.15, -0.1) is 0 Å². The third kappa shape index (κ3) is 14.2. The standard InChI is InChI=1S/C32H56.C31H50.C28H48O4/c1-9-24(21(2)3)11-10-23(6)28-14-15-29-27-13-12-26-20-25(22(4)5)16-18-31(26,7)30(27)17-19-32(28,29)8;1-20(2)22(5)9-10-23(6)27-13-14-28-26-12-11-25-19-24(21(3)4)15-17-30(25,7)29(26)16-18-31(27,28)8;1-16(2)18-11-12-27(4)19(13-18)14-23(29)26-21-9-8-20(17(3)7-10-25(31)32-6)28(21,5)24(30)15-22(26)27/h12,21-25,27-30H,9-11,13-20H2,1-8H3;9-12,20-24,27-29H,13-19H2,1-8H3;16-24,26,29-30H,7-15H2,1-6H3/b;10-9+;. The van der Waals surface area contributed by atoms with E-state index in [1.165, 1.54) is 142 Å². The van der Waals surface area contributed by atoms with Crippen LogP contribution in [0.3, 0.4) is 0 Å². The van der Waals surface area contributed by atoms with E-state index in [4.69, 9.17) is 4.74 Å². The normalized spacial score (nSPS) is 44.9. The molecular formula is C91H154O4. The van der Waals surface area contributed by atoms with Crippen LogP contribution in [0.1, 0.15) is 319 Å². The van der Waals surface area contributed by atoms with E-state index in [0.29, 0.717) is 75.4 Å². The lowest BCUT2D eigenvalue weighted by Crippen LogP contribution is -2.62. The van der Waals surface area contributed by atoms with Crippen molar-refractivity contribution in [2.75, 3.05) is 7.11 Å². The minimum absolute atomic E-state index is 0.139. The molecule has 0 aromatic heterocycles. The number of ether oxygens (including phenoxy) is 1. The molecule has 12 rings (SSSR count). The van der Waals surface area contributed by atoms with Crippen molar-refractivity contribution in [3.8, 4) is 0 Å². The van der Waals surface area contributed by atoms with Crippen LogP contribution >= 0.6 is 0 Å². The van der Waals surface area contributed by atoms with Crippen molar-refractivity contribution < 1.29 is 19.7 Å². The van der Waals surface area contributed by atoms with Gasteiger partial charge in [-0.2, -0.15) is 0 Å². The number of aliphatic hydroxyl groups excluding tert-OH is 2. The van der Waals surface area contributed by atoms with Gasteiger partial charge in [-0.3, -0.25) is 4.79 Å². The Balaban J connectivity index is 0.000000155. The van der Waals surface area contributed by atoms with E-state index < -0.39 is 0 Å². The van der Waals surface area contributed by atoms with Crippen molar-refractivity contribution in [2.24, 2.45) is 180 Å². The van der Waals surface area contributed by atoms with Gasteiger partial charge in [0.1, 0.15) is 0 Å². The summed E-state index contributed by atoms with van der Waals surface area (Å²) >= 11 is 0. The van der Waals surface area contributed by atoms with Crippen LogP contribution in [0.5, 0.6) is 0 Å². The second-order valence-electron chi connectivity index (χ2n) is 40.4. The first-order valence-corrected chi connectivity index (χ1v) is 41.9. The number of aliphatic hydroxyl groups is 2. The predicted octanol–water partition coefficient (Wildman–Crippen LogP) is 24.6. The van der Waals surface area contributed by atoms with Gasteiger partial charge in [0, 0.05) is 6.42 Å². The fourth-order valence-electron chi connectivity index (χ4n) is 27.6. The van der Waals surface area contributed by atoms with Gasteiger partial charge in [-0.05, 0) is 335 Å². The molecule has 0 heterocycles. The molecule has 10 saturated carbocycles. The van der Waals surface area contributed by atoms with Crippen molar-refractivity contribution >= 4 is 5.97 Å². The first kappa shape index (κ1) is 76.0. The molecule has 28 atom stereocenters. The van der Waals surface area contributed by atoms with Gasteiger partial charge in [0.25, 0.3) is 0 Å². The van der Waals surface area contributed by atoms with Crippen LogP contribution in [-0.2, 0) is 9.53 Å². The first-order valence-electron chi connectivity index (χ1n) is 41.9. The summed E-state index contributed by atoms with van der Waals surface area (Å²) in [7, 11) is 1.46. The van der Waals surface area contributed by atoms with Crippen LogP contribution in [0.2, 0.25) is 0 Å². The van der Waals surface area contributed by atoms with Gasteiger partial charge in [0.15, 0.2) is 0 Å². The van der Waals surface area contributed by atoms with Gasteiger partial charge >= 0.3 is 5.97 Å². The van der Waals surface area contributed by atoms with Crippen LogP contribution in [0.4, 0.5) is 0 Å². The van der Waals surface area contributed by atoms with E-state index >= 15 is 0 Å². The van der Waals surface area contributed by atoms with Gasteiger partial charge in [0.05, 0.1) is 19.3 Å². The van der Waals surface area contributed by atoms with Crippen molar-refractivity contribution in [2.45, 2.75) is 331 Å². The van der Waals surface area contributed by atoms with E-state index in [1.807, 2.05) is 11.1 Å². The van der Waals surface area contributed by atoms with Gasteiger partial charge in [0.2, 0.25) is 0 Å². The van der Waals surface area contributed by atoms with Gasteiger partial charge in [-0.1, -0.05) is 205 Å². The maximum Gasteiger partial charge on any atom is 0.305 e. The Bertz CT molecular complexity index is 2680. The van der Waals surface area contributed by atoms with Crippen LogP contribution in [0, 0.1) is 180 Å². The summed E-state index contributed by atoms with van der Waals surface area (Å²) in [5, 5.41) is 23.2.